The number of halogens is 1. The SMILES string of the molecule is Cc1c(F)cccc1NS(=O)(=O)c1ccc(OCCC(C)C)c(C(N)=O)c1. The lowest BCUT2D eigenvalue weighted by molar-refractivity contribution is 0.0996. The van der Waals surface area contributed by atoms with E-state index in [0.717, 1.165) is 12.5 Å². The van der Waals surface area contributed by atoms with Crippen molar-refractivity contribution in [2.24, 2.45) is 11.7 Å². The standard InChI is InChI=1S/C19H23FN2O4S/c1-12(2)9-10-26-18-8-7-14(11-15(18)19(21)23)27(24,25)22-17-6-4-5-16(20)13(17)3/h4-8,11-12,22H,9-10H2,1-3H3,(H2,21,23). The molecule has 0 saturated heterocycles. The summed E-state index contributed by atoms with van der Waals surface area (Å²) in [6.45, 7) is 5.92. The molecule has 0 radical (unpaired) electrons. The Kier molecular flexibility index (Phi) is 6.43. The molecular weight excluding hydrogens is 371 g/mol. The minimum absolute atomic E-state index is 0.0300. The molecule has 0 aliphatic heterocycles. The first-order valence-electron chi connectivity index (χ1n) is 8.46. The van der Waals surface area contributed by atoms with Gasteiger partial charge in [0.05, 0.1) is 22.8 Å². The number of rotatable bonds is 8. The fraction of sp³-hybridized carbons (Fsp3) is 0.316. The number of primary amides is 1. The summed E-state index contributed by atoms with van der Waals surface area (Å²) in [5, 5.41) is 0. The van der Waals surface area contributed by atoms with E-state index >= 15 is 0 Å². The molecule has 0 heterocycles. The third kappa shape index (κ3) is 5.19. The minimum Gasteiger partial charge on any atom is -0.493 e. The lowest BCUT2D eigenvalue weighted by atomic mass is 10.1. The molecule has 8 heteroatoms. The molecule has 146 valence electrons. The number of amides is 1. The molecule has 2 aromatic carbocycles. The zero-order valence-corrected chi connectivity index (χ0v) is 16.3. The van der Waals surface area contributed by atoms with Crippen molar-refractivity contribution in [1.29, 1.82) is 0 Å². The number of nitrogens with one attached hydrogen (secondary N) is 1. The van der Waals surface area contributed by atoms with E-state index in [1.165, 1.54) is 37.3 Å². The van der Waals surface area contributed by atoms with Gasteiger partial charge >= 0.3 is 0 Å². The average molecular weight is 394 g/mol. The zero-order valence-electron chi connectivity index (χ0n) is 15.5. The molecule has 0 spiro atoms. The van der Waals surface area contributed by atoms with Gasteiger partial charge in [-0.05, 0) is 49.6 Å². The molecule has 1 amide bonds. The van der Waals surface area contributed by atoms with Crippen LogP contribution in [0.15, 0.2) is 41.3 Å². The Balaban J connectivity index is 2.32. The molecule has 2 aromatic rings. The van der Waals surface area contributed by atoms with Crippen molar-refractivity contribution in [3.63, 3.8) is 0 Å². The van der Waals surface area contributed by atoms with E-state index < -0.39 is 21.7 Å². The van der Waals surface area contributed by atoms with Crippen LogP contribution in [0.5, 0.6) is 5.75 Å². The summed E-state index contributed by atoms with van der Waals surface area (Å²) in [4.78, 5) is 11.6. The first-order valence-corrected chi connectivity index (χ1v) is 9.94. The van der Waals surface area contributed by atoms with Crippen LogP contribution >= 0.6 is 0 Å². The van der Waals surface area contributed by atoms with Crippen LogP contribution in [0.1, 0.15) is 36.2 Å². The number of hydrogen-bond donors (Lipinski definition) is 2. The predicted molar refractivity (Wildman–Crippen MR) is 102 cm³/mol. The van der Waals surface area contributed by atoms with E-state index in [1.54, 1.807) is 0 Å². The van der Waals surface area contributed by atoms with Crippen LogP contribution in [-0.4, -0.2) is 20.9 Å². The largest absolute Gasteiger partial charge is 0.493 e. The van der Waals surface area contributed by atoms with Crippen LogP contribution < -0.4 is 15.2 Å². The number of nitrogens with two attached hydrogens (primary N) is 1. The second kappa shape index (κ2) is 8.39. The molecule has 0 fully saturated rings. The van der Waals surface area contributed by atoms with Gasteiger partial charge in [-0.15, -0.1) is 0 Å². The number of anilines is 1. The molecule has 0 atom stereocenters. The van der Waals surface area contributed by atoms with E-state index in [0.29, 0.717) is 12.5 Å². The van der Waals surface area contributed by atoms with Crippen molar-refractivity contribution in [3.8, 4) is 5.75 Å². The van der Waals surface area contributed by atoms with E-state index in [-0.39, 0.29) is 27.5 Å². The lowest BCUT2D eigenvalue weighted by Crippen LogP contribution is -2.18. The highest BCUT2D eigenvalue weighted by molar-refractivity contribution is 7.92. The maximum Gasteiger partial charge on any atom is 0.261 e. The molecule has 0 saturated carbocycles. The van der Waals surface area contributed by atoms with Crippen molar-refractivity contribution in [2.45, 2.75) is 32.1 Å². The van der Waals surface area contributed by atoms with Crippen LogP contribution in [-0.2, 0) is 10.0 Å². The number of carbonyl (C=O) groups excluding carboxylic acids is 1. The highest BCUT2D eigenvalue weighted by Gasteiger charge is 2.20. The summed E-state index contributed by atoms with van der Waals surface area (Å²) in [7, 11) is -4.04. The molecular formula is C19H23FN2O4S. The average Bonchev–Trinajstić information content (AvgIpc) is 2.58. The van der Waals surface area contributed by atoms with Crippen LogP contribution in [0.25, 0.3) is 0 Å². The van der Waals surface area contributed by atoms with Gasteiger partial charge in [-0.2, -0.15) is 0 Å². The molecule has 27 heavy (non-hydrogen) atoms. The predicted octanol–water partition coefficient (Wildman–Crippen LogP) is 3.46. The number of sulfonamides is 1. The summed E-state index contributed by atoms with van der Waals surface area (Å²) in [5.41, 5.74) is 5.63. The lowest BCUT2D eigenvalue weighted by Gasteiger charge is -2.14. The summed E-state index contributed by atoms with van der Waals surface area (Å²) in [6.07, 6.45) is 0.776. The van der Waals surface area contributed by atoms with Crippen LogP contribution in [0, 0.1) is 18.7 Å². The highest BCUT2D eigenvalue weighted by atomic mass is 32.2. The van der Waals surface area contributed by atoms with Gasteiger partial charge in [0.25, 0.3) is 15.9 Å². The van der Waals surface area contributed by atoms with Gasteiger partial charge in [0, 0.05) is 5.56 Å². The number of carbonyl (C=O) groups is 1. The monoisotopic (exact) mass is 394 g/mol. The van der Waals surface area contributed by atoms with E-state index in [2.05, 4.69) is 4.72 Å². The van der Waals surface area contributed by atoms with Crippen LogP contribution in [0.4, 0.5) is 10.1 Å². The summed E-state index contributed by atoms with van der Waals surface area (Å²) in [6, 6.07) is 7.96. The first-order chi connectivity index (χ1) is 12.6. The fourth-order valence-electron chi connectivity index (χ4n) is 2.32. The molecule has 0 unspecified atom stereocenters. The maximum absolute atomic E-state index is 13.6. The number of hydrogen-bond acceptors (Lipinski definition) is 4. The molecule has 0 aliphatic rings. The van der Waals surface area contributed by atoms with Gasteiger partial charge in [0.15, 0.2) is 0 Å². The topological polar surface area (TPSA) is 98.5 Å². The van der Waals surface area contributed by atoms with Gasteiger partial charge in [0.2, 0.25) is 0 Å². The van der Waals surface area contributed by atoms with Crippen LogP contribution in [0.3, 0.4) is 0 Å². The van der Waals surface area contributed by atoms with Crippen molar-refractivity contribution in [1.82, 2.24) is 0 Å². The summed E-state index contributed by atoms with van der Waals surface area (Å²) >= 11 is 0. The van der Waals surface area contributed by atoms with E-state index in [4.69, 9.17) is 10.5 Å². The van der Waals surface area contributed by atoms with Crippen LogP contribution in [0.2, 0.25) is 0 Å². The van der Waals surface area contributed by atoms with Gasteiger partial charge < -0.3 is 10.5 Å². The Morgan fingerprint density at radius 1 is 1.26 bits per heavy atom. The quantitative estimate of drug-likeness (QED) is 0.716. The van der Waals surface area contributed by atoms with Crippen molar-refractivity contribution < 1.29 is 22.3 Å². The first kappa shape index (κ1) is 20.7. The Hall–Kier alpha value is -2.61. The van der Waals surface area contributed by atoms with E-state index in [9.17, 15) is 17.6 Å². The number of ether oxygens (including phenoxy) is 1. The van der Waals surface area contributed by atoms with Crippen molar-refractivity contribution in [3.05, 3.63) is 53.3 Å². The second-order valence-corrected chi connectivity index (χ2v) is 8.25. The molecule has 6 nitrogen and oxygen atoms in total. The Labute approximate surface area is 158 Å². The Morgan fingerprint density at radius 3 is 2.59 bits per heavy atom. The minimum atomic E-state index is -4.04. The van der Waals surface area contributed by atoms with Gasteiger partial charge in [-0.3, -0.25) is 9.52 Å². The van der Waals surface area contributed by atoms with Gasteiger partial charge in [-0.25, -0.2) is 12.8 Å². The molecule has 2 rings (SSSR count). The normalized spacial score (nSPS) is 11.4. The third-order valence-electron chi connectivity index (χ3n) is 3.99. The Morgan fingerprint density at radius 2 is 1.96 bits per heavy atom. The van der Waals surface area contributed by atoms with Gasteiger partial charge in [-0.1, -0.05) is 19.9 Å². The molecule has 0 aliphatic carbocycles. The maximum atomic E-state index is 13.6. The number of benzene rings is 2. The zero-order chi connectivity index (χ0) is 20.2. The molecule has 3 N–H and O–H groups in total. The van der Waals surface area contributed by atoms with Crippen molar-refractivity contribution in [2.75, 3.05) is 11.3 Å². The third-order valence-corrected chi connectivity index (χ3v) is 5.35. The second-order valence-electron chi connectivity index (χ2n) is 6.57. The molecule has 0 aromatic heterocycles. The Bertz CT molecular complexity index is 943. The van der Waals surface area contributed by atoms with E-state index in [1.807, 2.05) is 13.8 Å². The smallest absolute Gasteiger partial charge is 0.261 e. The van der Waals surface area contributed by atoms with Crippen molar-refractivity contribution >= 4 is 21.6 Å². The fourth-order valence-corrected chi connectivity index (χ4v) is 3.47. The summed E-state index contributed by atoms with van der Waals surface area (Å²) in [5.74, 6) is -0.681. The molecule has 0 bridgehead atoms. The highest BCUT2D eigenvalue weighted by Crippen LogP contribution is 2.26. The van der Waals surface area contributed by atoms with Gasteiger partial charge in [0.1, 0.15) is 11.6 Å². The summed E-state index contributed by atoms with van der Waals surface area (Å²) < 4.78 is 46.8.